The standard InChI is InChI=1S/C28H31N7O2/c1-16-5-6-20(13-29)24(9-16)21-11-23(12-21)31-27(36)22-14-30-35(15-22)19(4)25-10-18(3)26(33-32-25)34-8-7-17(2)28(34)37/h5-6,9-10,14-15,17,19,21,23H,7-8,11-12H2,1-4H3,(H,31,36)/t17-,19?,21-,23+/m0/s1. The van der Waals surface area contributed by atoms with E-state index in [2.05, 4.69) is 32.7 Å². The summed E-state index contributed by atoms with van der Waals surface area (Å²) in [5, 5.41) is 25.6. The Bertz CT molecular complexity index is 1400. The monoisotopic (exact) mass is 497 g/mol. The number of hydrogen-bond donors (Lipinski definition) is 1. The molecule has 0 radical (unpaired) electrons. The second kappa shape index (κ2) is 9.77. The lowest BCUT2D eigenvalue weighted by molar-refractivity contribution is -0.119. The normalized spacial score (nSPS) is 21.9. The number of amides is 2. The molecule has 5 rings (SSSR count). The van der Waals surface area contributed by atoms with E-state index in [1.165, 1.54) is 0 Å². The van der Waals surface area contributed by atoms with Crippen LogP contribution in [0.4, 0.5) is 5.82 Å². The molecule has 1 N–H and O–H groups in total. The third-order valence-electron chi connectivity index (χ3n) is 7.64. The number of nitrogens with one attached hydrogen (secondary N) is 1. The number of rotatable bonds is 6. The summed E-state index contributed by atoms with van der Waals surface area (Å²) in [6.45, 7) is 8.50. The Morgan fingerprint density at radius 1 is 1.22 bits per heavy atom. The number of benzene rings is 1. The molecular weight excluding hydrogens is 466 g/mol. The minimum atomic E-state index is -0.228. The van der Waals surface area contributed by atoms with Crippen molar-refractivity contribution in [2.24, 2.45) is 5.92 Å². The van der Waals surface area contributed by atoms with Gasteiger partial charge in [-0.1, -0.05) is 24.6 Å². The fraction of sp³-hybridized carbons (Fsp3) is 0.429. The van der Waals surface area contributed by atoms with Gasteiger partial charge in [-0.25, -0.2) is 0 Å². The van der Waals surface area contributed by atoms with E-state index in [4.69, 9.17) is 0 Å². The van der Waals surface area contributed by atoms with Crippen LogP contribution in [0.5, 0.6) is 0 Å². The van der Waals surface area contributed by atoms with Gasteiger partial charge in [0, 0.05) is 24.7 Å². The summed E-state index contributed by atoms with van der Waals surface area (Å²) < 4.78 is 1.70. The fourth-order valence-electron chi connectivity index (χ4n) is 5.19. The topological polar surface area (TPSA) is 117 Å². The minimum Gasteiger partial charge on any atom is -0.349 e. The van der Waals surface area contributed by atoms with Crippen LogP contribution in [0.25, 0.3) is 0 Å². The van der Waals surface area contributed by atoms with Crippen LogP contribution in [0.15, 0.2) is 36.7 Å². The van der Waals surface area contributed by atoms with Crippen molar-refractivity contribution in [2.75, 3.05) is 11.4 Å². The minimum absolute atomic E-state index is 0.0109. The fourth-order valence-corrected chi connectivity index (χ4v) is 5.19. The van der Waals surface area contributed by atoms with Crippen molar-refractivity contribution in [3.05, 3.63) is 70.2 Å². The first kappa shape index (κ1) is 24.6. The summed E-state index contributed by atoms with van der Waals surface area (Å²) in [6.07, 6.45) is 5.74. The number of carbonyl (C=O) groups excluding carboxylic acids is 2. The molecule has 1 saturated carbocycles. The third kappa shape index (κ3) is 4.71. The average molecular weight is 498 g/mol. The van der Waals surface area contributed by atoms with Crippen molar-refractivity contribution < 1.29 is 9.59 Å². The molecule has 1 aliphatic carbocycles. The highest BCUT2D eigenvalue weighted by Crippen LogP contribution is 2.39. The maximum absolute atomic E-state index is 12.9. The van der Waals surface area contributed by atoms with E-state index in [1.807, 2.05) is 45.9 Å². The highest BCUT2D eigenvalue weighted by Gasteiger charge is 2.34. The van der Waals surface area contributed by atoms with E-state index < -0.39 is 0 Å². The molecule has 3 heterocycles. The van der Waals surface area contributed by atoms with E-state index in [0.29, 0.717) is 29.2 Å². The van der Waals surface area contributed by atoms with Gasteiger partial charge < -0.3 is 5.32 Å². The molecule has 2 fully saturated rings. The van der Waals surface area contributed by atoms with Crippen molar-refractivity contribution in [3.63, 3.8) is 0 Å². The molecule has 1 aromatic carbocycles. The zero-order chi connectivity index (χ0) is 26.3. The van der Waals surface area contributed by atoms with E-state index in [9.17, 15) is 14.9 Å². The van der Waals surface area contributed by atoms with Gasteiger partial charge in [0.25, 0.3) is 5.91 Å². The first-order valence-electron chi connectivity index (χ1n) is 12.8. The van der Waals surface area contributed by atoms with Gasteiger partial charge in [0.05, 0.1) is 35.1 Å². The Morgan fingerprint density at radius 3 is 2.68 bits per heavy atom. The third-order valence-corrected chi connectivity index (χ3v) is 7.64. The SMILES string of the molecule is Cc1ccc(C#N)c([C@H]2C[C@@H](NC(=O)c3cnn(C(C)c4cc(C)c(N5CC[C@H](C)C5=O)nn4)c3)C2)c1. The summed E-state index contributed by atoms with van der Waals surface area (Å²) in [5.74, 6) is 0.828. The summed E-state index contributed by atoms with van der Waals surface area (Å²) in [4.78, 5) is 27.0. The Labute approximate surface area is 216 Å². The first-order chi connectivity index (χ1) is 17.7. The van der Waals surface area contributed by atoms with E-state index in [1.54, 1.807) is 22.0 Å². The van der Waals surface area contributed by atoms with Gasteiger partial charge in [-0.2, -0.15) is 15.5 Å². The Morgan fingerprint density at radius 2 is 2.00 bits per heavy atom. The average Bonchev–Trinajstić information content (AvgIpc) is 3.48. The number of carbonyl (C=O) groups is 2. The summed E-state index contributed by atoms with van der Waals surface area (Å²) in [7, 11) is 0. The van der Waals surface area contributed by atoms with Gasteiger partial charge in [0.15, 0.2) is 5.82 Å². The van der Waals surface area contributed by atoms with Gasteiger partial charge in [0.1, 0.15) is 0 Å². The van der Waals surface area contributed by atoms with Crippen LogP contribution >= 0.6 is 0 Å². The molecule has 2 amide bonds. The molecule has 1 saturated heterocycles. The van der Waals surface area contributed by atoms with E-state index in [0.717, 1.165) is 36.0 Å². The highest BCUT2D eigenvalue weighted by atomic mass is 16.2. The maximum atomic E-state index is 12.9. The molecule has 2 aromatic heterocycles. The van der Waals surface area contributed by atoms with Crippen LogP contribution in [-0.4, -0.2) is 44.4 Å². The number of aromatic nitrogens is 4. The van der Waals surface area contributed by atoms with Crippen molar-refractivity contribution in [2.45, 2.75) is 65.0 Å². The molecule has 0 spiro atoms. The number of nitriles is 1. The predicted molar refractivity (Wildman–Crippen MR) is 138 cm³/mol. The van der Waals surface area contributed by atoms with E-state index in [-0.39, 0.29) is 35.7 Å². The molecular formula is C28H31N7O2. The van der Waals surface area contributed by atoms with Crippen LogP contribution < -0.4 is 10.2 Å². The number of nitrogens with zero attached hydrogens (tertiary/aromatic N) is 6. The molecule has 37 heavy (non-hydrogen) atoms. The number of hydrogen-bond acceptors (Lipinski definition) is 6. The molecule has 1 aliphatic heterocycles. The number of anilines is 1. The van der Waals surface area contributed by atoms with Crippen molar-refractivity contribution in [1.82, 2.24) is 25.3 Å². The predicted octanol–water partition coefficient (Wildman–Crippen LogP) is 3.82. The zero-order valence-electron chi connectivity index (χ0n) is 21.6. The quantitative estimate of drug-likeness (QED) is 0.553. The Hall–Kier alpha value is -4.06. The molecule has 0 bridgehead atoms. The second-order valence-corrected chi connectivity index (χ2v) is 10.4. The molecule has 3 aromatic rings. The largest absolute Gasteiger partial charge is 0.349 e. The van der Waals surface area contributed by atoms with Crippen molar-refractivity contribution >= 4 is 17.6 Å². The van der Waals surface area contributed by atoms with Crippen LogP contribution in [0.1, 0.15) is 83.4 Å². The van der Waals surface area contributed by atoms with Crippen LogP contribution in [0.3, 0.4) is 0 Å². The van der Waals surface area contributed by atoms with Crippen LogP contribution in [-0.2, 0) is 4.79 Å². The molecule has 9 heteroatoms. The lowest BCUT2D eigenvalue weighted by Crippen LogP contribution is -2.43. The highest BCUT2D eigenvalue weighted by molar-refractivity contribution is 5.96. The van der Waals surface area contributed by atoms with E-state index >= 15 is 0 Å². The molecule has 190 valence electrons. The van der Waals surface area contributed by atoms with Gasteiger partial charge in [-0.3, -0.25) is 19.2 Å². The summed E-state index contributed by atoms with van der Waals surface area (Å²) in [6, 6.07) is 9.96. The van der Waals surface area contributed by atoms with Crippen LogP contribution in [0.2, 0.25) is 0 Å². The van der Waals surface area contributed by atoms with Gasteiger partial charge in [0.2, 0.25) is 5.91 Å². The summed E-state index contributed by atoms with van der Waals surface area (Å²) >= 11 is 0. The Kier molecular flexibility index (Phi) is 6.50. The summed E-state index contributed by atoms with van der Waals surface area (Å²) in [5.41, 5.74) is 5.00. The Balaban J connectivity index is 1.21. The molecule has 1 unspecified atom stereocenters. The van der Waals surface area contributed by atoms with Gasteiger partial charge in [-0.05, 0) is 69.2 Å². The lowest BCUT2D eigenvalue weighted by Gasteiger charge is -2.36. The number of aryl methyl sites for hydroxylation is 2. The smallest absolute Gasteiger partial charge is 0.254 e. The second-order valence-electron chi connectivity index (χ2n) is 10.4. The van der Waals surface area contributed by atoms with Gasteiger partial charge in [-0.15, -0.1) is 5.10 Å². The molecule has 2 aliphatic rings. The van der Waals surface area contributed by atoms with Crippen molar-refractivity contribution in [3.8, 4) is 6.07 Å². The molecule has 9 nitrogen and oxygen atoms in total. The maximum Gasteiger partial charge on any atom is 0.254 e. The van der Waals surface area contributed by atoms with Crippen molar-refractivity contribution in [1.29, 1.82) is 5.26 Å². The zero-order valence-corrected chi connectivity index (χ0v) is 21.6. The molecule has 2 atom stereocenters. The van der Waals surface area contributed by atoms with Gasteiger partial charge >= 0.3 is 0 Å². The van der Waals surface area contributed by atoms with Crippen LogP contribution in [0, 0.1) is 31.1 Å². The lowest BCUT2D eigenvalue weighted by atomic mass is 9.74. The first-order valence-corrected chi connectivity index (χ1v) is 12.8.